The Morgan fingerprint density at radius 1 is 0.894 bits per heavy atom. The zero-order valence-corrected chi connectivity index (χ0v) is 27.6. The van der Waals surface area contributed by atoms with Gasteiger partial charge in [0.1, 0.15) is 30.4 Å². The molecule has 0 spiro atoms. The van der Waals surface area contributed by atoms with E-state index in [1.54, 1.807) is 20.8 Å². The molecule has 2 heterocycles. The molecule has 1 fully saturated rings. The lowest BCUT2D eigenvalue weighted by Crippen LogP contribution is -2.60. The third-order valence-electron chi connectivity index (χ3n) is 6.13. The monoisotopic (exact) mass is 671 g/mol. The summed E-state index contributed by atoms with van der Waals surface area (Å²) < 4.78 is 38.4. The molecular weight excluding hydrogens is 630 g/mol. The van der Waals surface area contributed by atoms with Gasteiger partial charge in [-0.15, -0.1) is 5.10 Å². The lowest BCUT2D eigenvalue weighted by molar-refractivity contribution is -0.270. The van der Waals surface area contributed by atoms with Crippen molar-refractivity contribution < 1.29 is 66.7 Å². The number of nitrogens with zero attached hydrogens (tertiary/aromatic N) is 3. The number of nitrogens with one attached hydrogen (secondary N) is 2. The second-order valence-electron chi connectivity index (χ2n) is 11.4. The Balaban J connectivity index is 2.39. The first-order valence-electron chi connectivity index (χ1n) is 14.4. The Morgan fingerprint density at radius 2 is 1.47 bits per heavy atom. The largest absolute Gasteiger partial charge is 0.467 e. The zero-order valence-electron chi connectivity index (χ0n) is 27.6. The second-order valence-corrected chi connectivity index (χ2v) is 11.4. The van der Waals surface area contributed by atoms with Gasteiger partial charge in [0, 0.05) is 34.1 Å². The summed E-state index contributed by atoms with van der Waals surface area (Å²) >= 11 is 0. The average molecular weight is 672 g/mol. The van der Waals surface area contributed by atoms with Crippen molar-refractivity contribution in [2.24, 2.45) is 0 Å². The first-order valence-corrected chi connectivity index (χ1v) is 14.4. The Bertz CT molecular complexity index is 1320. The van der Waals surface area contributed by atoms with Gasteiger partial charge in [-0.25, -0.2) is 14.3 Å². The van der Waals surface area contributed by atoms with E-state index in [1.165, 1.54) is 13.1 Å². The fourth-order valence-electron chi connectivity index (χ4n) is 4.34. The van der Waals surface area contributed by atoms with Gasteiger partial charge in [-0.2, -0.15) is 0 Å². The molecule has 0 saturated carbocycles. The predicted octanol–water partition coefficient (Wildman–Crippen LogP) is -0.353. The Kier molecular flexibility index (Phi) is 13.6. The van der Waals surface area contributed by atoms with Crippen LogP contribution in [0.3, 0.4) is 0 Å². The number of hydrogen-bond donors (Lipinski definition) is 2. The molecule has 2 N–H and O–H groups in total. The van der Waals surface area contributed by atoms with Crippen LogP contribution in [-0.4, -0.2) is 113 Å². The van der Waals surface area contributed by atoms with E-state index in [1.807, 2.05) is 0 Å². The average Bonchev–Trinajstić information content (AvgIpc) is 3.39. The molecule has 1 aliphatic rings. The molecule has 0 unspecified atom stereocenters. The summed E-state index contributed by atoms with van der Waals surface area (Å²) in [6.45, 7) is 10.3. The Hall–Kier alpha value is -4.81. The van der Waals surface area contributed by atoms with Crippen LogP contribution in [-0.2, 0) is 68.3 Å². The van der Waals surface area contributed by atoms with Crippen molar-refractivity contribution in [3.63, 3.8) is 0 Å². The molecule has 0 radical (unpaired) electrons. The van der Waals surface area contributed by atoms with Crippen molar-refractivity contribution in [2.75, 3.05) is 13.7 Å². The van der Waals surface area contributed by atoms with Gasteiger partial charge >= 0.3 is 35.9 Å². The number of alkyl carbamates (subject to hydrolysis) is 1. The number of carbonyl (C=O) groups excluding carboxylic acids is 7. The quantitative estimate of drug-likeness (QED) is 0.213. The fraction of sp³-hybridized carbons (Fsp3) is 0.679. The van der Waals surface area contributed by atoms with E-state index in [2.05, 4.69) is 20.9 Å². The van der Waals surface area contributed by atoms with E-state index in [9.17, 15) is 33.6 Å². The van der Waals surface area contributed by atoms with Gasteiger partial charge in [0.25, 0.3) is 0 Å². The van der Waals surface area contributed by atoms with Crippen molar-refractivity contribution in [1.82, 2.24) is 25.6 Å². The van der Waals surface area contributed by atoms with Gasteiger partial charge in [-0.3, -0.25) is 24.0 Å². The van der Waals surface area contributed by atoms with Crippen LogP contribution in [0, 0.1) is 0 Å². The topological polar surface area (TPSA) is 239 Å². The van der Waals surface area contributed by atoms with Crippen LogP contribution < -0.4 is 10.6 Å². The Labute approximate surface area is 270 Å². The molecule has 1 aliphatic heterocycles. The van der Waals surface area contributed by atoms with Crippen molar-refractivity contribution >= 4 is 41.8 Å². The summed E-state index contributed by atoms with van der Waals surface area (Å²) in [5, 5.41) is 12.9. The molecule has 2 amide bonds. The molecule has 1 saturated heterocycles. The number of carbonyl (C=O) groups is 7. The molecule has 1 aromatic rings. The molecular formula is C28H41N5O14. The molecule has 19 nitrogen and oxygen atoms in total. The molecule has 0 aromatic carbocycles. The molecule has 19 heteroatoms. The van der Waals surface area contributed by atoms with E-state index in [0.29, 0.717) is 0 Å². The maximum absolute atomic E-state index is 12.8. The van der Waals surface area contributed by atoms with Crippen LogP contribution in [0.1, 0.15) is 67.3 Å². The molecule has 7 atom stereocenters. The lowest BCUT2D eigenvalue weighted by atomic mass is 9.97. The summed E-state index contributed by atoms with van der Waals surface area (Å²) in [6.07, 6.45) is -6.72. The van der Waals surface area contributed by atoms with Gasteiger partial charge < -0.3 is 43.8 Å². The third kappa shape index (κ3) is 12.1. The van der Waals surface area contributed by atoms with Crippen molar-refractivity contribution in [3.05, 3.63) is 11.9 Å². The minimum absolute atomic E-state index is 0.112. The first kappa shape index (κ1) is 38.4. The fourth-order valence-corrected chi connectivity index (χ4v) is 4.34. The predicted molar refractivity (Wildman–Crippen MR) is 154 cm³/mol. The minimum Gasteiger partial charge on any atom is -0.467 e. The van der Waals surface area contributed by atoms with Crippen LogP contribution in [0.15, 0.2) is 6.20 Å². The summed E-state index contributed by atoms with van der Waals surface area (Å²) in [6, 6.07) is -2.40. The van der Waals surface area contributed by atoms with E-state index < -0.39 is 96.8 Å². The van der Waals surface area contributed by atoms with Gasteiger partial charge in [0.15, 0.2) is 24.5 Å². The van der Waals surface area contributed by atoms with Gasteiger partial charge in [-0.1, -0.05) is 5.21 Å². The third-order valence-corrected chi connectivity index (χ3v) is 6.13. The maximum atomic E-state index is 12.8. The number of ether oxygens (including phenoxy) is 7. The molecule has 2 rings (SSSR count). The number of esters is 5. The van der Waals surface area contributed by atoms with Crippen LogP contribution >= 0.6 is 0 Å². The maximum Gasteiger partial charge on any atom is 0.408 e. The SMILES string of the molecule is COC(=O)[C@H](Cc1cn([C@@H]2O[C@H](COC(C)=O)[C@@H](OC(C)=O)[C@H](OC(C)=O)[C@H]2OC(C)=O)nn1)NC(=O)[C@H](C)NC(=O)OC(C)(C)C. The number of amides is 2. The van der Waals surface area contributed by atoms with E-state index in [0.717, 1.165) is 39.5 Å². The van der Waals surface area contributed by atoms with E-state index >= 15 is 0 Å². The zero-order chi connectivity index (χ0) is 35.6. The van der Waals surface area contributed by atoms with Gasteiger partial charge in [0.2, 0.25) is 5.91 Å². The molecule has 1 aromatic heterocycles. The minimum atomic E-state index is -1.46. The van der Waals surface area contributed by atoms with Crippen molar-refractivity contribution in [2.45, 2.75) is 110 Å². The van der Waals surface area contributed by atoms with Crippen molar-refractivity contribution in [1.29, 1.82) is 0 Å². The second kappa shape index (κ2) is 16.7. The van der Waals surface area contributed by atoms with Crippen molar-refractivity contribution in [3.8, 4) is 0 Å². The van der Waals surface area contributed by atoms with Crippen LogP contribution in [0.4, 0.5) is 4.79 Å². The van der Waals surface area contributed by atoms with E-state index in [-0.39, 0.29) is 12.1 Å². The molecule has 0 aliphatic carbocycles. The highest BCUT2D eigenvalue weighted by Gasteiger charge is 2.53. The molecule has 262 valence electrons. The van der Waals surface area contributed by atoms with Crippen LogP contribution in [0.5, 0.6) is 0 Å². The first-order chi connectivity index (χ1) is 21.8. The highest BCUT2D eigenvalue weighted by atomic mass is 16.7. The van der Waals surface area contributed by atoms with Gasteiger partial charge in [0.05, 0.1) is 19.0 Å². The number of aromatic nitrogens is 3. The highest BCUT2D eigenvalue weighted by Crippen LogP contribution is 2.34. The molecule has 47 heavy (non-hydrogen) atoms. The number of methoxy groups -OCH3 is 1. The summed E-state index contributed by atoms with van der Waals surface area (Å²) in [5.41, 5.74) is -0.696. The summed E-state index contributed by atoms with van der Waals surface area (Å²) in [4.78, 5) is 85.3. The summed E-state index contributed by atoms with van der Waals surface area (Å²) in [5.74, 6) is -4.69. The van der Waals surface area contributed by atoms with Crippen LogP contribution in [0.25, 0.3) is 0 Å². The number of hydrogen-bond acceptors (Lipinski definition) is 16. The summed E-state index contributed by atoms with van der Waals surface area (Å²) in [7, 11) is 1.11. The molecule has 0 bridgehead atoms. The Morgan fingerprint density at radius 3 is 2.00 bits per heavy atom. The van der Waals surface area contributed by atoms with E-state index in [4.69, 9.17) is 33.2 Å². The number of rotatable bonds is 12. The standard InChI is InChI=1S/C28H41N5O14/c1-13(29-27(40)47-28(6,7)8)24(38)30-19(26(39)41-9)10-18-11-33(32-31-18)25-23(45-17(5)37)22(44-16(4)36)21(43-15(3)35)20(46-25)12-42-14(2)34/h11,13,19-23,25H,10,12H2,1-9H3,(H,29,40)(H,30,38)/t13-,19-,20+,21+,22-,23+,25+/m0/s1. The highest BCUT2D eigenvalue weighted by molar-refractivity contribution is 5.89. The lowest BCUT2D eigenvalue weighted by Gasteiger charge is -2.44. The van der Waals surface area contributed by atoms with Crippen LogP contribution in [0.2, 0.25) is 0 Å². The van der Waals surface area contributed by atoms with Gasteiger partial charge in [-0.05, 0) is 27.7 Å². The smallest absolute Gasteiger partial charge is 0.408 e. The normalized spacial score (nSPS) is 22.0.